The third-order valence-electron chi connectivity index (χ3n) is 2.76. The normalized spacial score (nSPS) is 17.1. The van der Waals surface area contributed by atoms with Crippen molar-refractivity contribution in [2.24, 2.45) is 0 Å². The second-order valence-electron chi connectivity index (χ2n) is 3.89. The predicted molar refractivity (Wildman–Crippen MR) is 62.2 cm³/mol. The Morgan fingerprint density at radius 1 is 1.41 bits per heavy atom. The summed E-state index contributed by atoms with van der Waals surface area (Å²) in [6.45, 7) is 3.58. The first kappa shape index (κ1) is 12.3. The van der Waals surface area contributed by atoms with Crippen LogP contribution >= 0.6 is 0 Å². The van der Waals surface area contributed by atoms with Gasteiger partial charge in [0.2, 0.25) is 0 Å². The summed E-state index contributed by atoms with van der Waals surface area (Å²) < 4.78 is 23.8. The van der Waals surface area contributed by atoms with Crippen LogP contribution < -0.4 is 10.2 Å². The zero-order chi connectivity index (χ0) is 12.1. The van der Waals surface area contributed by atoms with E-state index in [4.69, 9.17) is 9.47 Å². The van der Waals surface area contributed by atoms with Gasteiger partial charge in [-0.1, -0.05) is 6.07 Å². The zero-order valence-corrected chi connectivity index (χ0v) is 9.91. The lowest BCUT2D eigenvalue weighted by Gasteiger charge is -2.27. The highest BCUT2D eigenvalue weighted by Gasteiger charge is 2.10. The molecule has 1 aliphatic rings. The maximum absolute atomic E-state index is 13.6. The summed E-state index contributed by atoms with van der Waals surface area (Å²) in [5.74, 6) is 0.294. The molecule has 1 aromatic rings. The molecule has 1 aliphatic heterocycles. The summed E-state index contributed by atoms with van der Waals surface area (Å²) >= 11 is 0. The van der Waals surface area contributed by atoms with Crippen molar-refractivity contribution in [2.45, 2.75) is 6.54 Å². The van der Waals surface area contributed by atoms with Crippen molar-refractivity contribution >= 4 is 0 Å². The van der Waals surface area contributed by atoms with Gasteiger partial charge in [0.25, 0.3) is 0 Å². The lowest BCUT2D eigenvalue weighted by Crippen LogP contribution is -2.45. The number of nitrogens with zero attached hydrogens (tertiary/aromatic N) is 1. The van der Waals surface area contributed by atoms with Crippen LogP contribution in [0.3, 0.4) is 0 Å². The first-order chi connectivity index (χ1) is 8.29. The molecular weight excluding hydrogens is 223 g/mol. The van der Waals surface area contributed by atoms with Crippen molar-refractivity contribution in [2.75, 3.05) is 33.4 Å². The summed E-state index contributed by atoms with van der Waals surface area (Å²) in [5.41, 5.74) is 3.83. The van der Waals surface area contributed by atoms with Crippen molar-refractivity contribution in [3.8, 4) is 5.75 Å². The molecule has 0 saturated carbocycles. The monoisotopic (exact) mass is 240 g/mol. The third kappa shape index (κ3) is 3.39. The minimum absolute atomic E-state index is 0.245. The van der Waals surface area contributed by atoms with E-state index in [2.05, 4.69) is 5.43 Å². The van der Waals surface area contributed by atoms with Gasteiger partial charge >= 0.3 is 0 Å². The van der Waals surface area contributed by atoms with Crippen LogP contribution in [0.5, 0.6) is 5.75 Å². The van der Waals surface area contributed by atoms with Gasteiger partial charge in [0.1, 0.15) is 11.6 Å². The van der Waals surface area contributed by atoms with E-state index in [0.29, 0.717) is 17.9 Å². The molecule has 1 aromatic carbocycles. The molecule has 0 aromatic heterocycles. The summed E-state index contributed by atoms with van der Waals surface area (Å²) in [7, 11) is 1.53. The number of methoxy groups -OCH3 is 1. The fourth-order valence-electron chi connectivity index (χ4n) is 1.72. The van der Waals surface area contributed by atoms with Crippen LogP contribution in [0.15, 0.2) is 18.2 Å². The highest BCUT2D eigenvalue weighted by atomic mass is 19.1. The Kier molecular flexibility index (Phi) is 4.30. The summed E-state index contributed by atoms with van der Waals surface area (Å²) in [4.78, 5) is 0. The Bertz CT molecular complexity index is 368. The first-order valence-electron chi connectivity index (χ1n) is 5.68. The maximum atomic E-state index is 13.6. The molecule has 17 heavy (non-hydrogen) atoms. The van der Waals surface area contributed by atoms with Gasteiger partial charge < -0.3 is 9.47 Å². The molecule has 5 heteroatoms. The smallest absolute Gasteiger partial charge is 0.131 e. The van der Waals surface area contributed by atoms with Crippen LogP contribution in [-0.2, 0) is 11.3 Å². The van der Waals surface area contributed by atoms with Crippen molar-refractivity contribution in [1.29, 1.82) is 0 Å². The standard InChI is InChI=1S/C12H17FN2O2/c1-16-11-3-2-10(12(13)8-11)9-14-15-4-6-17-7-5-15/h2-3,8,14H,4-7,9H2,1H3. The molecule has 94 valence electrons. The van der Waals surface area contributed by atoms with E-state index in [1.54, 1.807) is 12.1 Å². The van der Waals surface area contributed by atoms with Crippen molar-refractivity contribution < 1.29 is 13.9 Å². The molecule has 0 unspecified atom stereocenters. The molecule has 0 radical (unpaired) electrons. The second-order valence-corrected chi connectivity index (χ2v) is 3.89. The van der Waals surface area contributed by atoms with E-state index >= 15 is 0 Å². The minimum Gasteiger partial charge on any atom is -0.497 e. The number of halogens is 1. The fourth-order valence-corrected chi connectivity index (χ4v) is 1.72. The van der Waals surface area contributed by atoms with Crippen LogP contribution in [-0.4, -0.2) is 38.4 Å². The average Bonchev–Trinajstić information content (AvgIpc) is 2.38. The average molecular weight is 240 g/mol. The topological polar surface area (TPSA) is 33.7 Å². The molecule has 4 nitrogen and oxygen atoms in total. The largest absolute Gasteiger partial charge is 0.497 e. The van der Waals surface area contributed by atoms with Gasteiger partial charge in [-0.15, -0.1) is 0 Å². The number of nitrogens with one attached hydrogen (secondary N) is 1. The Morgan fingerprint density at radius 3 is 2.82 bits per heavy atom. The number of morpholine rings is 1. The highest BCUT2D eigenvalue weighted by molar-refractivity contribution is 5.28. The summed E-state index contributed by atoms with van der Waals surface area (Å²) in [6.07, 6.45) is 0. The van der Waals surface area contributed by atoms with E-state index in [0.717, 1.165) is 26.3 Å². The van der Waals surface area contributed by atoms with Crippen molar-refractivity contribution in [1.82, 2.24) is 10.4 Å². The van der Waals surface area contributed by atoms with E-state index in [1.807, 2.05) is 5.01 Å². The zero-order valence-electron chi connectivity index (χ0n) is 9.91. The molecule has 1 saturated heterocycles. The lowest BCUT2D eigenvalue weighted by molar-refractivity contribution is 0.0104. The van der Waals surface area contributed by atoms with E-state index in [1.165, 1.54) is 13.2 Å². The molecular formula is C12H17FN2O2. The number of benzene rings is 1. The Hall–Kier alpha value is -1.17. The number of hydrogen-bond donors (Lipinski definition) is 1. The minimum atomic E-state index is -0.245. The van der Waals surface area contributed by atoms with E-state index in [9.17, 15) is 4.39 Å². The number of hydrazine groups is 1. The van der Waals surface area contributed by atoms with Gasteiger partial charge in [0.15, 0.2) is 0 Å². The van der Waals surface area contributed by atoms with Gasteiger partial charge in [0.05, 0.1) is 20.3 Å². The maximum Gasteiger partial charge on any atom is 0.131 e. The molecule has 1 N–H and O–H groups in total. The van der Waals surface area contributed by atoms with Crippen LogP contribution in [0.1, 0.15) is 5.56 Å². The predicted octanol–water partition coefficient (Wildman–Crippen LogP) is 1.17. The molecule has 0 amide bonds. The molecule has 2 rings (SSSR count). The van der Waals surface area contributed by atoms with Gasteiger partial charge in [-0.3, -0.25) is 5.43 Å². The van der Waals surface area contributed by atoms with Crippen molar-refractivity contribution in [3.63, 3.8) is 0 Å². The first-order valence-corrected chi connectivity index (χ1v) is 5.68. The molecule has 0 bridgehead atoms. The summed E-state index contributed by atoms with van der Waals surface area (Å²) in [5, 5.41) is 2.05. The number of hydrogen-bond acceptors (Lipinski definition) is 4. The second kappa shape index (κ2) is 5.95. The van der Waals surface area contributed by atoms with Gasteiger partial charge in [0, 0.05) is 31.3 Å². The van der Waals surface area contributed by atoms with Crippen LogP contribution in [0, 0.1) is 5.82 Å². The quantitative estimate of drug-likeness (QED) is 0.856. The third-order valence-corrected chi connectivity index (χ3v) is 2.76. The van der Waals surface area contributed by atoms with Gasteiger partial charge in [-0.05, 0) is 6.07 Å². The van der Waals surface area contributed by atoms with Crippen LogP contribution in [0.25, 0.3) is 0 Å². The van der Waals surface area contributed by atoms with Gasteiger partial charge in [-0.2, -0.15) is 0 Å². The van der Waals surface area contributed by atoms with E-state index in [-0.39, 0.29) is 5.82 Å². The fraction of sp³-hybridized carbons (Fsp3) is 0.500. The Balaban J connectivity index is 1.89. The van der Waals surface area contributed by atoms with E-state index < -0.39 is 0 Å². The summed E-state index contributed by atoms with van der Waals surface area (Å²) in [6, 6.07) is 4.90. The number of ether oxygens (including phenoxy) is 2. The molecule has 0 atom stereocenters. The molecule has 1 fully saturated rings. The van der Waals surface area contributed by atoms with Crippen LogP contribution in [0.2, 0.25) is 0 Å². The lowest BCUT2D eigenvalue weighted by atomic mass is 10.2. The SMILES string of the molecule is COc1ccc(CNN2CCOCC2)c(F)c1. The van der Waals surface area contributed by atoms with Gasteiger partial charge in [-0.25, -0.2) is 9.40 Å². The molecule has 0 aliphatic carbocycles. The Labute approximate surface area is 100 Å². The highest BCUT2D eigenvalue weighted by Crippen LogP contribution is 2.16. The molecule has 0 spiro atoms. The Morgan fingerprint density at radius 2 is 2.18 bits per heavy atom. The van der Waals surface area contributed by atoms with Crippen LogP contribution in [0.4, 0.5) is 4.39 Å². The van der Waals surface area contributed by atoms with Crippen molar-refractivity contribution in [3.05, 3.63) is 29.6 Å². The number of rotatable bonds is 4. The molecule has 1 heterocycles.